The van der Waals surface area contributed by atoms with Gasteiger partial charge in [-0.15, -0.1) is 0 Å². The van der Waals surface area contributed by atoms with Gasteiger partial charge in [0.2, 0.25) is 0 Å². The van der Waals surface area contributed by atoms with Gasteiger partial charge in [0, 0.05) is 11.1 Å². The van der Waals surface area contributed by atoms with E-state index in [9.17, 15) is 10.4 Å². The molecule has 0 radical (unpaired) electrons. The van der Waals surface area contributed by atoms with Crippen LogP contribution in [-0.4, -0.2) is 11.7 Å². The largest absolute Gasteiger partial charge is 0.504 e. The second-order valence-electron chi connectivity index (χ2n) is 6.41. The maximum absolute atomic E-state index is 9.96. The molecular formula is C22H22N3O2+. The number of anilines is 1. The van der Waals surface area contributed by atoms with Crippen molar-refractivity contribution in [2.45, 2.75) is 20.8 Å². The summed E-state index contributed by atoms with van der Waals surface area (Å²) in [7, 11) is 0. The Labute approximate surface area is 158 Å². The molecule has 0 bridgehead atoms. The number of pyridine rings is 1. The van der Waals surface area contributed by atoms with E-state index in [1.54, 1.807) is 18.2 Å². The molecule has 0 aliphatic rings. The summed E-state index contributed by atoms with van der Waals surface area (Å²) in [6.07, 6.45) is 0. The topological polar surface area (TPSA) is 93.4 Å². The number of H-pyrrole nitrogens is 1. The van der Waals surface area contributed by atoms with Crippen LogP contribution in [-0.2, 0) is 0 Å². The highest BCUT2D eigenvalue weighted by molar-refractivity contribution is 5.79. The van der Waals surface area contributed by atoms with E-state index < -0.39 is 0 Å². The Morgan fingerprint density at radius 3 is 2.48 bits per heavy atom. The van der Waals surface area contributed by atoms with Gasteiger partial charge in [0.25, 0.3) is 5.82 Å². The van der Waals surface area contributed by atoms with Crippen molar-refractivity contribution in [3.63, 3.8) is 0 Å². The van der Waals surface area contributed by atoms with Gasteiger partial charge in [-0.25, -0.2) is 4.98 Å². The van der Waals surface area contributed by atoms with E-state index >= 15 is 0 Å². The van der Waals surface area contributed by atoms with Crippen molar-refractivity contribution in [3.8, 4) is 40.0 Å². The standard InChI is InChI=1S/C22H21N3O2/c1-4-27-21-10-15(7-8-20(21)26)17-11-19(25-22(24)18(17)12-23)16-6-5-13(2)14(3)9-16/h5-11,26H,4H2,1-3H3,(H2,24,25)/p+1. The van der Waals surface area contributed by atoms with Crippen molar-refractivity contribution in [2.24, 2.45) is 0 Å². The van der Waals surface area contributed by atoms with Gasteiger partial charge in [-0.3, -0.25) is 5.73 Å². The van der Waals surface area contributed by atoms with Crippen LogP contribution in [0.25, 0.3) is 22.4 Å². The highest BCUT2D eigenvalue weighted by atomic mass is 16.5. The number of hydrogen-bond acceptors (Lipinski definition) is 4. The molecule has 1 aromatic heterocycles. The van der Waals surface area contributed by atoms with Crippen molar-refractivity contribution in [1.82, 2.24) is 0 Å². The summed E-state index contributed by atoms with van der Waals surface area (Å²) in [6, 6.07) is 15.3. The molecule has 1 heterocycles. The van der Waals surface area contributed by atoms with Crippen molar-refractivity contribution in [3.05, 3.63) is 59.2 Å². The van der Waals surface area contributed by atoms with Gasteiger partial charge in [-0.1, -0.05) is 18.2 Å². The van der Waals surface area contributed by atoms with Crippen LogP contribution in [0.5, 0.6) is 11.5 Å². The van der Waals surface area contributed by atoms with Crippen LogP contribution in [0.15, 0.2) is 42.5 Å². The number of aromatic hydroxyl groups is 1. The molecule has 0 spiro atoms. The second-order valence-corrected chi connectivity index (χ2v) is 6.41. The minimum absolute atomic E-state index is 0.0592. The molecule has 0 aliphatic heterocycles. The number of aryl methyl sites for hydroxylation is 2. The summed E-state index contributed by atoms with van der Waals surface area (Å²) in [5, 5.41) is 19.6. The smallest absolute Gasteiger partial charge is 0.289 e. The minimum Gasteiger partial charge on any atom is -0.504 e. The van der Waals surface area contributed by atoms with Crippen LogP contribution < -0.4 is 15.5 Å². The second kappa shape index (κ2) is 7.38. The van der Waals surface area contributed by atoms with Gasteiger partial charge < -0.3 is 9.84 Å². The number of rotatable bonds is 4. The Bertz CT molecular complexity index is 1050. The Hall–Kier alpha value is -3.52. The van der Waals surface area contributed by atoms with Crippen molar-refractivity contribution < 1.29 is 14.8 Å². The Balaban J connectivity index is 2.20. The highest BCUT2D eigenvalue weighted by Gasteiger charge is 2.18. The molecule has 27 heavy (non-hydrogen) atoms. The van der Waals surface area contributed by atoms with Crippen LogP contribution in [0.3, 0.4) is 0 Å². The number of nitriles is 1. The average Bonchev–Trinajstić information content (AvgIpc) is 2.65. The SMILES string of the molecule is CCOc1cc(-c2cc(-c3ccc(C)c(C)c3)[nH+]c(N)c2C#N)ccc1O. The summed E-state index contributed by atoms with van der Waals surface area (Å²) < 4.78 is 5.47. The molecular weight excluding hydrogens is 338 g/mol. The molecule has 0 unspecified atom stereocenters. The van der Waals surface area contributed by atoms with Crippen molar-refractivity contribution in [1.29, 1.82) is 5.26 Å². The first-order valence-corrected chi connectivity index (χ1v) is 8.74. The minimum atomic E-state index is 0.0592. The molecule has 5 nitrogen and oxygen atoms in total. The molecule has 0 saturated heterocycles. The average molecular weight is 360 g/mol. The number of benzene rings is 2. The Morgan fingerprint density at radius 1 is 1.07 bits per heavy atom. The molecule has 4 N–H and O–H groups in total. The molecule has 5 heteroatoms. The maximum Gasteiger partial charge on any atom is 0.289 e. The summed E-state index contributed by atoms with van der Waals surface area (Å²) in [5.41, 5.74) is 12.1. The third-order valence-corrected chi connectivity index (χ3v) is 4.60. The van der Waals surface area contributed by atoms with E-state index in [1.165, 1.54) is 11.1 Å². The molecule has 136 valence electrons. The fraction of sp³-hybridized carbons (Fsp3) is 0.182. The quantitative estimate of drug-likeness (QED) is 0.735. The van der Waals surface area contributed by atoms with Gasteiger partial charge in [0.1, 0.15) is 17.3 Å². The summed E-state index contributed by atoms with van der Waals surface area (Å²) in [6.45, 7) is 6.40. The van der Waals surface area contributed by atoms with Crippen LogP contribution >= 0.6 is 0 Å². The van der Waals surface area contributed by atoms with Crippen molar-refractivity contribution in [2.75, 3.05) is 12.3 Å². The van der Waals surface area contributed by atoms with Gasteiger partial charge >= 0.3 is 0 Å². The van der Waals surface area contributed by atoms with E-state index in [0.29, 0.717) is 29.3 Å². The molecule has 0 amide bonds. The zero-order valence-corrected chi connectivity index (χ0v) is 15.6. The number of ether oxygens (including phenoxy) is 1. The highest BCUT2D eigenvalue weighted by Crippen LogP contribution is 2.35. The molecule has 3 aromatic rings. The Kier molecular flexibility index (Phi) is 5.00. The fourth-order valence-corrected chi connectivity index (χ4v) is 2.97. The van der Waals surface area contributed by atoms with Gasteiger partial charge in [0.15, 0.2) is 11.5 Å². The van der Waals surface area contributed by atoms with Gasteiger partial charge in [-0.2, -0.15) is 5.26 Å². The lowest BCUT2D eigenvalue weighted by molar-refractivity contribution is -0.346. The molecule has 0 aliphatic carbocycles. The molecule has 0 atom stereocenters. The normalized spacial score (nSPS) is 10.4. The number of phenolic OH excluding ortho intramolecular Hbond substituents is 1. The lowest BCUT2D eigenvalue weighted by Gasteiger charge is -2.11. The predicted molar refractivity (Wildman–Crippen MR) is 105 cm³/mol. The number of aromatic nitrogens is 1. The summed E-state index contributed by atoms with van der Waals surface area (Å²) >= 11 is 0. The zero-order valence-electron chi connectivity index (χ0n) is 15.6. The first-order valence-electron chi connectivity index (χ1n) is 8.74. The molecule has 0 saturated carbocycles. The van der Waals surface area contributed by atoms with E-state index in [1.807, 2.05) is 19.1 Å². The number of nitrogen functional groups attached to an aromatic ring is 1. The van der Waals surface area contributed by atoms with Crippen molar-refractivity contribution >= 4 is 5.82 Å². The third kappa shape index (κ3) is 3.56. The number of nitrogens with two attached hydrogens (primary N) is 1. The van der Waals surface area contributed by atoms with Crippen LogP contribution in [0.4, 0.5) is 5.82 Å². The van der Waals surface area contributed by atoms with E-state index in [4.69, 9.17) is 10.5 Å². The number of hydrogen-bond donors (Lipinski definition) is 2. The number of nitrogens with one attached hydrogen (secondary N) is 1. The van der Waals surface area contributed by atoms with E-state index in [0.717, 1.165) is 16.8 Å². The van der Waals surface area contributed by atoms with E-state index in [2.05, 4.69) is 37.0 Å². The first-order chi connectivity index (χ1) is 12.9. The third-order valence-electron chi connectivity index (χ3n) is 4.60. The number of aromatic amines is 1. The monoisotopic (exact) mass is 360 g/mol. The van der Waals surface area contributed by atoms with Crippen LogP contribution in [0, 0.1) is 25.2 Å². The lowest BCUT2D eigenvalue weighted by Crippen LogP contribution is -2.16. The molecule has 0 fully saturated rings. The zero-order chi connectivity index (χ0) is 19.6. The number of nitrogens with zero attached hydrogens (tertiary/aromatic N) is 1. The van der Waals surface area contributed by atoms with E-state index in [-0.39, 0.29) is 5.75 Å². The summed E-state index contributed by atoms with van der Waals surface area (Å²) in [4.78, 5) is 3.13. The first kappa shape index (κ1) is 18.3. The molecule has 2 aromatic carbocycles. The lowest BCUT2D eigenvalue weighted by atomic mass is 9.97. The van der Waals surface area contributed by atoms with Crippen LogP contribution in [0.1, 0.15) is 23.6 Å². The van der Waals surface area contributed by atoms with Gasteiger partial charge in [-0.05, 0) is 61.7 Å². The van der Waals surface area contributed by atoms with Crippen LogP contribution in [0.2, 0.25) is 0 Å². The Morgan fingerprint density at radius 2 is 1.81 bits per heavy atom. The fourth-order valence-electron chi connectivity index (χ4n) is 2.97. The number of phenols is 1. The van der Waals surface area contributed by atoms with Gasteiger partial charge in [0.05, 0.1) is 6.61 Å². The summed E-state index contributed by atoms with van der Waals surface area (Å²) in [5.74, 6) is 0.733. The molecule has 3 rings (SSSR count). The maximum atomic E-state index is 9.96. The predicted octanol–water partition coefficient (Wildman–Crippen LogP) is 4.01.